The summed E-state index contributed by atoms with van der Waals surface area (Å²) < 4.78 is 14.1. The molecule has 0 spiro atoms. The van der Waals surface area contributed by atoms with Gasteiger partial charge in [-0.05, 0) is 56.0 Å². The number of nitrogens with one attached hydrogen (secondary N) is 1. The largest absolute Gasteiger partial charge is 0.367 e. The molecule has 36 heavy (non-hydrogen) atoms. The van der Waals surface area contributed by atoms with Crippen LogP contribution < -0.4 is 10.2 Å². The minimum atomic E-state index is -0.593. The average molecular weight is 493 g/mol. The number of halogens is 1. The fourth-order valence-corrected chi connectivity index (χ4v) is 5.59. The van der Waals surface area contributed by atoms with E-state index >= 15 is 0 Å². The maximum absolute atomic E-state index is 14.1. The van der Waals surface area contributed by atoms with Crippen LogP contribution in [0.15, 0.2) is 42.5 Å². The minimum absolute atomic E-state index is 0.0444. The normalized spacial score (nSPS) is 18.5. The lowest BCUT2D eigenvalue weighted by Gasteiger charge is -2.38. The van der Waals surface area contributed by atoms with Crippen LogP contribution in [0.2, 0.25) is 0 Å². The molecule has 3 aliphatic rings. The van der Waals surface area contributed by atoms with Gasteiger partial charge in [0.05, 0.1) is 11.1 Å². The molecule has 0 radical (unpaired) electrons. The van der Waals surface area contributed by atoms with Crippen LogP contribution in [-0.4, -0.2) is 66.8 Å². The zero-order valence-corrected chi connectivity index (χ0v) is 20.5. The summed E-state index contributed by atoms with van der Waals surface area (Å²) in [7, 11) is 0. The van der Waals surface area contributed by atoms with Gasteiger partial charge in [-0.2, -0.15) is 0 Å². The van der Waals surface area contributed by atoms with Crippen LogP contribution >= 0.6 is 0 Å². The highest BCUT2D eigenvalue weighted by Crippen LogP contribution is 2.30. The Hall–Kier alpha value is -3.42. The zero-order valence-electron chi connectivity index (χ0n) is 20.5. The molecule has 3 fully saturated rings. The van der Waals surface area contributed by atoms with Gasteiger partial charge in [-0.3, -0.25) is 14.4 Å². The first kappa shape index (κ1) is 24.3. The van der Waals surface area contributed by atoms with Gasteiger partial charge < -0.3 is 20.0 Å². The van der Waals surface area contributed by atoms with E-state index in [1.54, 1.807) is 18.2 Å². The number of benzene rings is 2. The Balaban J connectivity index is 1.35. The zero-order chi connectivity index (χ0) is 25.1. The van der Waals surface area contributed by atoms with Gasteiger partial charge in [0.2, 0.25) is 5.91 Å². The number of likely N-dealkylation sites (tertiary alicyclic amines) is 1. The predicted octanol–water partition coefficient (Wildman–Crippen LogP) is 4.15. The highest BCUT2D eigenvalue weighted by atomic mass is 19.1. The van der Waals surface area contributed by atoms with Gasteiger partial charge in [-0.25, -0.2) is 4.39 Å². The first-order valence-corrected chi connectivity index (χ1v) is 13.0. The van der Waals surface area contributed by atoms with Crippen LogP contribution in [0.4, 0.5) is 15.8 Å². The molecule has 2 saturated heterocycles. The number of hydrogen-bond donors (Lipinski definition) is 1. The topological polar surface area (TPSA) is 73.0 Å². The minimum Gasteiger partial charge on any atom is -0.367 e. The molecule has 5 rings (SSSR count). The summed E-state index contributed by atoms with van der Waals surface area (Å²) in [5, 5.41) is 2.75. The number of carbonyl (C=O) groups excluding carboxylic acids is 3. The Morgan fingerprint density at radius 3 is 2.17 bits per heavy atom. The number of hydrogen-bond acceptors (Lipinski definition) is 4. The smallest absolute Gasteiger partial charge is 0.258 e. The highest BCUT2D eigenvalue weighted by molar-refractivity contribution is 6.06. The molecule has 1 aliphatic carbocycles. The Morgan fingerprint density at radius 1 is 0.778 bits per heavy atom. The van der Waals surface area contributed by atoms with Crippen LogP contribution in [0, 0.1) is 11.7 Å². The molecule has 2 aromatic rings. The van der Waals surface area contributed by atoms with Crippen LogP contribution in [0.25, 0.3) is 0 Å². The molecule has 0 atom stereocenters. The molecule has 0 bridgehead atoms. The van der Waals surface area contributed by atoms with Crippen LogP contribution in [0.1, 0.15) is 59.2 Å². The van der Waals surface area contributed by atoms with Crippen molar-refractivity contribution < 1.29 is 18.8 Å². The van der Waals surface area contributed by atoms with E-state index in [0.29, 0.717) is 50.5 Å². The molecule has 1 N–H and O–H groups in total. The lowest BCUT2D eigenvalue weighted by molar-refractivity contribution is -0.135. The maximum Gasteiger partial charge on any atom is 0.258 e. The first-order chi connectivity index (χ1) is 17.5. The standard InChI is InChI=1S/C28H33FN4O3/c29-24-10-4-3-9-22(24)26(34)30-21-11-12-25(23(19-21)28(36)32-13-5-6-14-32)31-15-17-33(18-16-31)27(35)20-7-1-2-8-20/h3-4,9-12,19-20H,1-2,5-8,13-18H2,(H,30,34). The Bertz CT molecular complexity index is 1130. The number of amides is 3. The summed E-state index contributed by atoms with van der Waals surface area (Å²) >= 11 is 0. The number of piperazine rings is 1. The lowest BCUT2D eigenvalue weighted by atomic mass is 10.1. The summed E-state index contributed by atoms with van der Waals surface area (Å²) in [4.78, 5) is 45.0. The maximum atomic E-state index is 14.1. The quantitative estimate of drug-likeness (QED) is 0.681. The summed E-state index contributed by atoms with van der Waals surface area (Å²) in [5.41, 5.74) is 1.74. The molecule has 1 saturated carbocycles. The third-order valence-corrected chi connectivity index (χ3v) is 7.63. The van der Waals surface area contributed by atoms with E-state index in [-0.39, 0.29) is 23.3 Å². The molecule has 2 aliphatic heterocycles. The van der Waals surface area contributed by atoms with Gasteiger partial charge in [0.1, 0.15) is 5.82 Å². The summed E-state index contributed by atoms with van der Waals surface area (Å²) in [6, 6.07) is 11.1. The number of carbonyl (C=O) groups is 3. The number of anilines is 2. The molecule has 0 unspecified atom stereocenters. The summed E-state index contributed by atoms with van der Waals surface area (Å²) in [6.07, 6.45) is 6.22. The second-order valence-electron chi connectivity index (χ2n) is 9.96. The molecular weight excluding hydrogens is 459 g/mol. The van der Waals surface area contributed by atoms with Crippen LogP contribution in [0.5, 0.6) is 0 Å². The molecule has 3 amide bonds. The summed E-state index contributed by atoms with van der Waals surface area (Å²) in [6.45, 7) is 4.01. The van der Waals surface area contributed by atoms with Crippen molar-refractivity contribution in [2.75, 3.05) is 49.5 Å². The Labute approximate surface area is 211 Å². The van der Waals surface area contributed by atoms with E-state index < -0.39 is 11.7 Å². The average Bonchev–Trinajstić information content (AvgIpc) is 3.63. The number of rotatable bonds is 5. The Kier molecular flexibility index (Phi) is 7.20. The Morgan fingerprint density at radius 2 is 1.47 bits per heavy atom. The fourth-order valence-electron chi connectivity index (χ4n) is 5.59. The lowest BCUT2D eigenvalue weighted by Crippen LogP contribution is -2.50. The SMILES string of the molecule is O=C(Nc1ccc(N2CCN(C(=O)C3CCCC3)CC2)c(C(=O)N2CCCC2)c1)c1ccccc1F. The van der Waals surface area contributed by atoms with Gasteiger partial charge in [-0.15, -0.1) is 0 Å². The molecular formula is C28H33FN4O3. The third kappa shape index (κ3) is 5.08. The molecule has 2 heterocycles. The van der Waals surface area contributed by atoms with E-state index in [4.69, 9.17) is 0 Å². The monoisotopic (exact) mass is 492 g/mol. The van der Waals surface area contributed by atoms with Crippen molar-refractivity contribution >= 4 is 29.1 Å². The van der Waals surface area contributed by atoms with Crippen molar-refractivity contribution in [1.82, 2.24) is 9.80 Å². The highest BCUT2D eigenvalue weighted by Gasteiger charge is 2.31. The first-order valence-electron chi connectivity index (χ1n) is 13.0. The molecule has 190 valence electrons. The van der Waals surface area contributed by atoms with E-state index in [0.717, 1.165) is 44.2 Å². The second-order valence-corrected chi connectivity index (χ2v) is 9.96. The van der Waals surface area contributed by atoms with Gasteiger partial charge in [-0.1, -0.05) is 25.0 Å². The fraction of sp³-hybridized carbons (Fsp3) is 0.464. The van der Waals surface area contributed by atoms with Gasteiger partial charge in [0.25, 0.3) is 11.8 Å². The third-order valence-electron chi connectivity index (χ3n) is 7.63. The van der Waals surface area contributed by atoms with Gasteiger partial charge in [0, 0.05) is 56.6 Å². The van der Waals surface area contributed by atoms with Crippen LogP contribution in [0.3, 0.4) is 0 Å². The van der Waals surface area contributed by atoms with Crippen molar-refractivity contribution in [3.8, 4) is 0 Å². The van der Waals surface area contributed by atoms with E-state index in [1.165, 1.54) is 18.2 Å². The molecule has 0 aromatic heterocycles. The number of nitrogens with zero attached hydrogens (tertiary/aromatic N) is 3. The second kappa shape index (κ2) is 10.7. The van der Waals surface area contributed by atoms with Crippen molar-refractivity contribution in [2.45, 2.75) is 38.5 Å². The molecule has 8 heteroatoms. The molecule has 7 nitrogen and oxygen atoms in total. The summed E-state index contributed by atoms with van der Waals surface area (Å²) in [5.74, 6) is -0.772. The van der Waals surface area contributed by atoms with Gasteiger partial charge >= 0.3 is 0 Å². The van der Waals surface area contributed by atoms with Crippen molar-refractivity contribution in [1.29, 1.82) is 0 Å². The van der Waals surface area contributed by atoms with Crippen molar-refractivity contribution in [3.05, 3.63) is 59.4 Å². The van der Waals surface area contributed by atoms with Crippen LogP contribution in [-0.2, 0) is 4.79 Å². The van der Waals surface area contributed by atoms with Gasteiger partial charge in [0.15, 0.2) is 0 Å². The molecule has 2 aromatic carbocycles. The predicted molar refractivity (Wildman–Crippen MR) is 137 cm³/mol. The van der Waals surface area contributed by atoms with Crippen molar-refractivity contribution in [2.24, 2.45) is 5.92 Å². The van der Waals surface area contributed by atoms with E-state index in [2.05, 4.69) is 10.2 Å². The van der Waals surface area contributed by atoms with E-state index in [9.17, 15) is 18.8 Å². The van der Waals surface area contributed by atoms with E-state index in [1.807, 2.05) is 15.9 Å². The van der Waals surface area contributed by atoms with Crippen molar-refractivity contribution in [3.63, 3.8) is 0 Å².